The molecule has 5 heteroatoms. The SMILES string of the molecule is Cc1cc([N+](=O)[O-])cnc1C=CC=O. The van der Waals surface area contributed by atoms with E-state index in [4.69, 9.17) is 0 Å². The monoisotopic (exact) mass is 192 g/mol. The fourth-order valence-electron chi connectivity index (χ4n) is 0.975. The van der Waals surface area contributed by atoms with Gasteiger partial charge in [-0.25, -0.2) is 4.98 Å². The van der Waals surface area contributed by atoms with E-state index in [-0.39, 0.29) is 5.69 Å². The highest BCUT2D eigenvalue weighted by molar-refractivity contribution is 5.73. The van der Waals surface area contributed by atoms with Crippen LogP contribution in [0, 0.1) is 17.0 Å². The van der Waals surface area contributed by atoms with Gasteiger partial charge < -0.3 is 0 Å². The van der Waals surface area contributed by atoms with Crippen LogP contribution in [0.1, 0.15) is 11.3 Å². The van der Waals surface area contributed by atoms with Crippen LogP contribution in [0.25, 0.3) is 6.08 Å². The molecule has 1 aromatic heterocycles. The van der Waals surface area contributed by atoms with Gasteiger partial charge in [-0.2, -0.15) is 0 Å². The number of nitrogens with zero attached hydrogens (tertiary/aromatic N) is 2. The molecule has 72 valence electrons. The number of aromatic nitrogens is 1. The van der Waals surface area contributed by atoms with Gasteiger partial charge in [-0.05, 0) is 24.6 Å². The summed E-state index contributed by atoms with van der Waals surface area (Å²) in [5.74, 6) is 0. The van der Waals surface area contributed by atoms with Crippen molar-refractivity contribution in [3.8, 4) is 0 Å². The third-order valence-electron chi connectivity index (χ3n) is 1.65. The Kier molecular flexibility index (Phi) is 3.06. The third kappa shape index (κ3) is 2.22. The summed E-state index contributed by atoms with van der Waals surface area (Å²) in [4.78, 5) is 23.8. The Balaban J connectivity index is 3.07. The second-order valence-electron chi connectivity index (χ2n) is 2.65. The average Bonchev–Trinajstić information content (AvgIpc) is 2.15. The van der Waals surface area contributed by atoms with Gasteiger partial charge in [0.25, 0.3) is 5.69 Å². The average molecular weight is 192 g/mol. The molecule has 0 aromatic carbocycles. The number of carbonyl (C=O) groups excluding carboxylic acids is 1. The van der Waals surface area contributed by atoms with Crippen LogP contribution in [0.15, 0.2) is 18.3 Å². The zero-order chi connectivity index (χ0) is 10.6. The van der Waals surface area contributed by atoms with E-state index in [0.717, 1.165) is 6.20 Å². The maximum Gasteiger partial charge on any atom is 0.287 e. The summed E-state index contributed by atoms with van der Waals surface area (Å²) >= 11 is 0. The zero-order valence-corrected chi connectivity index (χ0v) is 7.51. The van der Waals surface area contributed by atoms with Crippen molar-refractivity contribution < 1.29 is 9.72 Å². The van der Waals surface area contributed by atoms with Gasteiger partial charge in [0.15, 0.2) is 0 Å². The summed E-state index contributed by atoms with van der Waals surface area (Å²) in [7, 11) is 0. The van der Waals surface area contributed by atoms with E-state index in [1.165, 1.54) is 18.2 Å². The molecule has 0 spiro atoms. The molecule has 0 saturated heterocycles. The van der Waals surface area contributed by atoms with E-state index < -0.39 is 4.92 Å². The first-order valence-electron chi connectivity index (χ1n) is 3.88. The van der Waals surface area contributed by atoms with E-state index in [2.05, 4.69) is 4.98 Å². The predicted octanol–water partition coefficient (Wildman–Crippen LogP) is 1.51. The Hall–Kier alpha value is -2.04. The number of hydrogen-bond donors (Lipinski definition) is 0. The molecule has 0 N–H and O–H groups in total. The van der Waals surface area contributed by atoms with Crippen molar-refractivity contribution in [2.75, 3.05) is 0 Å². The van der Waals surface area contributed by atoms with Crippen LogP contribution < -0.4 is 0 Å². The minimum absolute atomic E-state index is 0.0502. The van der Waals surface area contributed by atoms with Crippen molar-refractivity contribution in [2.45, 2.75) is 6.92 Å². The summed E-state index contributed by atoms with van der Waals surface area (Å²) < 4.78 is 0. The van der Waals surface area contributed by atoms with E-state index in [0.29, 0.717) is 17.5 Å². The standard InChI is InChI=1S/C9H8N2O3/c1-7-5-8(11(13)14)6-10-9(7)3-2-4-12/h2-6H,1H3. The topological polar surface area (TPSA) is 73.1 Å². The van der Waals surface area contributed by atoms with Gasteiger partial charge in [0.2, 0.25) is 0 Å². The molecule has 1 rings (SSSR count). The lowest BCUT2D eigenvalue weighted by Gasteiger charge is -1.97. The molecule has 0 amide bonds. The Bertz CT molecular complexity index is 399. The minimum Gasteiger partial charge on any atom is -0.299 e. The normalized spacial score (nSPS) is 10.4. The number of aldehydes is 1. The fraction of sp³-hybridized carbons (Fsp3) is 0.111. The first-order valence-corrected chi connectivity index (χ1v) is 3.88. The van der Waals surface area contributed by atoms with Gasteiger partial charge in [-0.15, -0.1) is 0 Å². The molecule has 1 aromatic rings. The highest BCUT2D eigenvalue weighted by atomic mass is 16.6. The lowest BCUT2D eigenvalue weighted by Crippen LogP contribution is -1.93. The molecule has 0 aliphatic carbocycles. The quantitative estimate of drug-likeness (QED) is 0.315. The maximum atomic E-state index is 10.4. The molecule has 0 aliphatic heterocycles. The number of allylic oxidation sites excluding steroid dienone is 1. The van der Waals surface area contributed by atoms with E-state index >= 15 is 0 Å². The van der Waals surface area contributed by atoms with E-state index in [1.807, 2.05) is 0 Å². The van der Waals surface area contributed by atoms with Crippen molar-refractivity contribution in [1.82, 2.24) is 4.98 Å². The van der Waals surface area contributed by atoms with Crippen molar-refractivity contribution in [2.24, 2.45) is 0 Å². The minimum atomic E-state index is -0.507. The van der Waals surface area contributed by atoms with E-state index in [1.54, 1.807) is 6.92 Å². The molecule has 0 bridgehead atoms. The Morgan fingerprint density at radius 3 is 2.79 bits per heavy atom. The lowest BCUT2D eigenvalue weighted by atomic mass is 10.2. The largest absolute Gasteiger partial charge is 0.299 e. The predicted molar refractivity (Wildman–Crippen MR) is 50.7 cm³/mol. The van der Waals surface area contributed by atoms with Crippen LogP contribution in [0.3, 0.4) is 0 Å². The lowest BCUT2D eigenvalue weighted by molar-refractivity contribution is -0.385. The Morgan fingerprint density at radius 2 is 2.29 bits per heavy atom. The number of aryl methyl sites for hydroxylation is 1. The van der Waals surface area contributed by atoms with Gasteiger partial charge >= 0.3 is 0 Å². The van der Waals surface area contributed by atoms with Crippen LogP contribution in [0.2, 0.25) is 0 Å². The van der Waals surface area contributed by atoms with Crippen molar-refractivity contribution >= 4 is 18.0 Å². The van der Waals surface area contributed by atoms with Gasteiger partial charge in [-0.3, -0.25) is 14.9 Å². The molecule has 5 nitrogen and oxygen atoms in total. The number of rotatable bonds is 3. The van der Waals surface area contributed by atoms with Gasteiger partial charge in [0.1, 0.15) is 12.5 Å². The molecule has 0 fully saturated rings. The number of carbonyl (C=O) groups is 1. The van der Waals surface area contributed by atoms with Crippen LogP contribution >= 0.6 is 0 Å². The van der Waals surface area contributed by atoms with Gasteiger partial charge in [0, 0.05) is 6.07 Å². The molecule has 0 atom stereocenters. The Labute approximate surface area is 80.2 Å². The third-order valence-corrected chi connectivity index (χ3v) is 1.65. The summed E-state index contributed by atoms with van der Waals surface area (Å²) in [6.45, 7) is 1.70. The van der Waals surface area contributed by atoms with Crippen LogP contribution in [0.5, 0.6) is 0 Å². The zero-order valence-electron chi connectivity index (χ0n) is 7.51. The summed E-state index contributed by atoms with van der Waals surface area (Å²) in [6.07, 6.45) is 4.59. The maximum absolute atomic E-state index is 10.4. The molecule has 14 heavy (non-hydrogen) atoms. The number of hydrogen-bond acceptors (Lipinski definition) is 4. The molecule has 0 aliphatic rings. The van der Waals surface area contributed by atoms with Gasteiger partial charge in [0.05, 0.1) is 10.6 Å². The van der Waals surface area contributed by atoms with Crippen molar-refractivity contribution in [1.29, 1.82) is 0 Å². The summed E-state index contributed by atoms with van der Waals surface area (Å²) in [5, 5.41) is 10.4. The molecular formula is C9H8N2O3. The second kappa shape index (κ2) is 4.27. The molecular weight excluding hydrogens is 184 g/mol. The second-order valence-corrected chi connectivity index (χ2v) is 2.65. The molecule has 0 unspecified atom stereocenters. The van der Waals surface area contributed by atoms with E-state index in [9.17, 15) is 14.9 Å². The molecule has 0 saturated carbocycles. The first kappa shape index (κ1) is 10.0. The van der Waals surface area contributed by atoms with Crippen LogP contribution in [-0.2, 0) is 4.79 Å². The van der Waals surface area contributed by atoms with Crippen LogP contribution in [0.4, 0.5) is 5.69 Å². The highest BCUT2D eigenvalue weighted by Crippen LogP contribution is 2.14. The first-order chi connectivity index (χ1) is 6.65. The van der Waals surface area contributed by atoms with Crippen molar-refractivity contribution in [3.63, 3.8) is 0 Å². The Morgan fingerprint density at radius 1 is 1.57 bits per heavy atom. The summed E-state index contributed by atoms with van der Waals surface area (Å²) in [5.41, 5.74) is 1.17. The smallest absolute Gasteiger partial charge is 0.287 e. The van der Waals surface area contributed by atoms with Gasteiger partial charge in [-0.1, -0.05) is 0 Å². The van der Waals surface area contributed by atoms with Crippen LogP contribution in [-0.4, -0.2) is 16.2 Å². The molecule has 0 radical (unpaired) electrons. The number of nitro groups is 1. The summed E-state index contributed by atoms with van der Waals surface area (Å²) in [6, 6.07) is 1.41. The van der Waals surface area contributed by atoms with Crippen molar-refractivity contribution in [3.05, 3.63) is 39.7 Å². The molecule has 1 heterocycles. The number of pyridine rings is 1. The highest BCUT2D eigenvalue weighted by Gasteiger charge is 2.07. The fourth-order valence-corrected chi connectivity index (χ4v) is 0.975.